The Hall–Kier alpha value is -2.93. The van der Waals surface area contributed by atoms with Crippen LogP contribution in [-0.4, -0.2) is 52.0 Å². The largest absolute Gasteiger partial charge is 0.459 e. The van der Waals surface area contributed by atoms with Crippen LogP contribution >= 0.6 is 0 Å². The molecule has 7 nitrogen and oxygen atoms in total. The van der Waals surface area contributed by atoms with E-state index in [9.17, 15) is 4.79 Å². The van der Waals surface area contributed by atoms with E-state index in [2.05, 4.69) is 34.1 Å². The van der Waals surface area contributed by atoms with E-state index in [1.165, 1.54) is 5.56 Å². The van der Waals surface area contributed by atoms with Crippen LogP contribution in [0.1, 0.15) is 25.3 Å². The number of nitrogens with zero attached hydrogens (tertiary/aromatic N) is 4. The van der Waals surface area contributed by atoms with Crippen molar-refractivity contribution in [2.75, 3.05) is 26.2 Å². The molecule has 1 saturated carbocycles. The molecule has 2 aromatic heterocycles. The number of rotatable bonds is 5. The predicted molar refractivity (Wildman–Crippen MR) is 107 cm³/mol. The quantitative estimate of drug-likeness (QED) is 0.662. The van der Waals surface area contributed by atoms with Crippen molar-refractivity contribution < 1.29 is 13.7 Å². The maximum absolute atomic E-state index is 12.5. The van der Waals surface area contributed by atoms with E-state index in [4.69, 9.17) is 8.94 Å². The van der Waals surface area contributed by atoms with Crippen molar-refractivity contribution in [3.63, 3.8) is 0 Å². The monoisotopic (exact) mass is 392 g/mol. The fourth-order valence-corrected chi connectivity index (χ4v) is 3.75. The SMILES string of the molecule is CC1(C(=O)N2CCN(Cc3ccc(-c4noc(-c5ccco5)n4)cc3)CC2)CC1. The highest BCUT2D eigenvalue weighted by Gasteiger charge is 2.47. The highest BCUT2D eigenvalue weighted by atomic mass is 16.5. The molecule has 150 valence electrons. The maximum Gasteiger partial charge on any atom is 0.293 e. The second-order valence-electron chi connectivity index (χ2n) is 8.23. The third-order valence-electron chi connectivity index (χ3n) is 5.95. The van der Waals surface area contributed by atoms with Gasteiger partial charge in [-0.15, -0.1) is 0 Å². The number of piperazine rings is 1. The van der Waals surface area contributed by atoms with Crippen molar-refractivity contribution in [3.8, 4) is 23.0 Å². The van der Waals surface area contributed by atoms with Crippen molar-refractivity contribution in [1.82, 2.24) is 19.9 Å². The molecule has 2 fully saturated rings. The molecule has 0 unspecified atom stereocenters. The minimum atomic E-state index is -0.0655. The summed E-state index contributed by atoms with van der Waals surface area (Å²) in [5.41, 5.74) is 2.07. The molecule has 1 amide bonds. The number of carbonyl (C=O) groups excluding carboxylic acids is 1. The van der Waals surface area contributed by atoms with Gasteiger partial charge in [-0.2, -0.15) is 4.98 Å². The van der Waals surface area contributed by atoms with Gasteiger partial charge < -0.3 is 13.8 Å². The number of furan rings is 1. The molecule has 0 bridgehead atoms. The Labute approximate surface area is 169 Å². The van der Waals surface area contributed by atoms with Crippen molar-refractivity contribution >= 4 is 5.91 Å². The smallest absolute Gasteiger partial charge is 0.293 e. The Bertz CT molecular complexity index is 982. The van der Waals surface area contributed by atoms with Crippen LogP contribution in [0.5, 0.6) is 0 Å². The van der Waals surface area contributed by atoms with Gasteiger partial charge >= 0.3 is 0 Å². The lowest BCUT2D eigenvalue weighted by molar-refractivity contribution is -0.138. The molecule has 0 N–H and O–H groups in total. The molecule has 0 atom stereocenters. The summed E-state index contributed by atoms with van der Waals surface area (Å²) in [6.07, 6.45) is 3.67. The lowest BCUT2D eigenvalue weighted by Crippen LogP contribution is -2.50. The highest BCUT2D eigenvalue weighted by molar-refractivity contribution is 5.85. The Balaban J connectivity index is 1.18. The molecule has 1 saturated heterocycles. The predicted octanol–water partition coefficient (Wildman–Crippen LogP) is 3.44. The molecule has 5 rings (SSSR count). The lowest BCUT2D eigenvalue weighted by atomic mass is 10.1. The van der Waals surface area contributed by atoms with Gasteiger partial charge in [0.25, 0.3) is 5.89 Å². The number of carbonyl (C=O) groups is 1. The van der Waals surface area contributed by atoms with Crippen LogP contribution in [0.25, 0.3) is 23.0 Å². The average Bonchev–Trinajstić information content (AvgIpc) is 3.17. The number of hydrogen-bond acceptors (Lipinski definition) is 6. The van der Waals surface area contributed by atoms with E-state index in [-0.39, 0.29) is 5.41 Å². The number of hydrogen-bond donors (Lipinski definition) is 0. The second-order valence-corrected chi connectivity index (χ2v) is 8.23. The van der Waals surface area contributed by atoms with Crippen LogP contribution < -0.4 is 0 Å². The molecular formula is C22H24N4O3. The van der Waals surface area contributed by atoms with Gasteiger partial charge in [0, 0.05) is 43.7 Å². The van der Waals surface area contributed by atoms with E-state index in [1.807, 2.05) is 17.0 Å². The zero-order chi connectivity index (χ0) is 19.8. The molecule has 1 aromatic carbocycles. The first-order chi connectivity index (χ1) is 14.1. The number of amides is 1. The van der Waals surface area contributed by atoms with Gasteiger partial charge in [-0.25, -0.2) is 0 Å². The molecule has 7 heteroatoms. The van der Waals surface area contributed by atoms with Crippen LogP contribution in [-0.2, 0) is 11.3 Å². The lowest BCUT2D eigenvalue weighted by Gasteiger charge is -2.36. The average molecular weight is 392 g/mol. The van der Waals surface area contributed by atoms with Crippen LogP contribution in [0.4, 0.5) is 0 Å². The molecule has 29 heavy (non-hydrogen) atoms. The van der Waals surface area contributed by atoms with Crippen molar-refractivity contribution in [3.05, 3.63) is 48.2 Å². The molecule has 1 aliphatic heterocycles. The molecular weight excluding hydrogens is 368 g/mol. The third kappa shape index (κ3) is 3.70. The van der Waals surface area contributed by atoms with Crippen LogP contribution in [0.3, 0.4) is 0 Å². The van der Waals surface area contributed by atoms with E-state index >= 15 is 0 Å². The zero-order valence-electron chi connectivity index (χ0n) is 16.5. The van der Waals surface area contributed by atoms with Crippen molar-refractivity contribution in [1.29, 1.82) is 0 Å². The van der Waals surface area contributed by atoms with E-state index in [0.29, 0.717) is 23.4 Å². The van der Waals surface area contributed by atoms with Gasteiger partial charge in [0.2, 0.25) is 11.7 Å². The Morgan fingerprint density at radius 3 is 2.52 bits per heavy atom. The number of aromatic nitrogens is 2. The minimum absolute atomic E-state index is 0.0655. The van der Waals surface area contributed by atoms with Crippen LogP contribution in [0, 0.1) is 5.41 Å². The van der Waals surface area contributed by atoms with Crippen molar-refractivity contribution in [2.45, 2.75) is 26.3 Å². The minimum Gasteiger partial charge on any atom is -0.459 e. The summed E-state index contributed by atoms with van der Waals surface area (Å²) in [5.74, 6) is 1.83. The molecule has 1 aliphatic carbocycles. The molecule has 0 spiro atoms. The standard InChI is InChI=1S/C22H24N4O3/c1-22(8-9-22)21(27)26-12-10-25(11-13-26)15-16-4-6-17(7-5-16)19-23-20(29-24-19)18-3-2-14-28-18/h2-7,14H,8-13,15H2,1H3. The summed E-state index contributed by atoms with van der Waals surface area (Å²) < 4.78 is 10.6. The Kier molecular flexibility index (Phi) is 4.47. The zero-order valence-corrected chi connectivity index (χ0v) is 16.5. The van der Waals surface area contributed by atoms with Crippen LogP contribution in [0.2, 0.25) is 0 Å². The summed E-state index contributed by atoms with van der Waals surface area (Å²) in [6, 6.07) is 11.8. The first kappa shape index (κ1) is 18.1. The van der Waals surface area contributed by atoms with E-state index in [0.717, 1.165) is 51.1 Å². The summed E-state index contributed by atoms with van der Waals surface area (Å²) >= 11 is 0. The second kappa shape index (κ2) is 7.15. The third-order valence-corrected chi connectivity index (χ3v) is 5.95. The fourth-order valence-electron chi connectivity index (χ4n) is 3.75. The van der Waals surface area contributed by atoms with E-state index in [1.54, 1.807) is 18.4 Å². The van der Waals surface area contributed by atoms with Crippen molar-refractivity contribution in [2.24, 2.45) is 5.41 Å². The van der Waals surface area contributed by atoms with Gasteiger partial charge in [0.1, 0.15) is 0 Å². The first-order valence-electron chi connectivity index (χ1n) is 10.1. The van der Waals surface area contributed by atoms with Gasteiger partial charge in [0.05, 0.1) is 6.26 Å². The summed E-state index contributed by atoms with van der Waals surface area (Å²) in [6.45, 7) is 6.45. The summed E-state index contributed by atoms with van der Waals surface area (Å²) in [4.78, 5) is 21.3. The molecule has 3 heterocycles. The Morgan fingerprint density at radius 1 is 1.10 bits per heavy atom. The normalized spacial score (nSPS) is 18.7. The van der Waals surface area contributed by atoms with Gasteiger partial charge in [-0.1, -0.05) is 36.3 Å². The molecule has 2 aliphatic rings. The van der Waals surface area contributed by atoms with E-state index < -0.39 is 0 Å². The summed E-state index contributed by atoms with van der Waals surface area (Å²) in [7, 11) is 0. The van der Waals surface area contributed by atoms with Gasteiger partial charge in [-0.3, -0.25) is 9.69 Å². The van der Waals surface area contributed by atoms with Gasteiger partial charge in [0.15, 0.2) is 5.76 Å². The fraction of sp³-hybridized carbons (Fsp3) is 0.409. The van der Waals surface area contributed by atoms with Crippen LogP contribution in [0.15, 0.2) is 51.6 Å². The first-order valence-corrected chi connectivity index (χ1v) is 10.1. The molecule has 3 aromatic rings. The summed E-state index contributed by atoms with van der Waals surface area (Å²) in [5, 5.41) is 4.04. The maximum atomic E-state index is 12.5. The Morgan fingerprint density at radius 2 is 1.86 bits per heavy atom. The topological polar surface area (TPSA) is 75.6 Å². The number of benzene rings is 1. The van der Waals surface area contributed by atoms with Gasteiger partial charge in [-0.05, 0) is 30.5 Å². The highest BCUT2D eigenvalue weighted by Crippen LogP contribution is 2.46. The molecule has 0 radical (unpaired) electrons.